The van der Waals surface area contributed by atoms with Crippen molar-refractivity contribution in [3.05, 3.63) is 82.7 Å². The second-order valence-corrected chi connectivity index (χ2v) is 7.11. The maximum Gasteiger partial charge on any atom is 0.248 e. The highest BCUT2D eigenvalue weighted by Gasteiger charge is 2.09. The fraction of sp³-hybridized carbons (Fsp3) is 0.0476. The van der Waals surface area contributed by atoms with Crippen LogP contribution in [0.2, 0.25) is 0 Å². The number of hydrogen-bond donors (Lipinski definition) is 2. The average molecular weight is 450 g/mol. The van der Waals surface area contributed by atoms with Gasteiger partial charge in [-0.2, -0.15) is 0 Å². The molecule has 0 radical (unpaired) electrons. The second kappa shape index (κ2) is 8.24. The van der Waals surface area contributed by atoms with Crippen LogP contribution in [-0.2, 0) is 6.61 Å². The van der Waals surface area contributed by atoms with Crippen LogP contribution in [0.15, 0.2) is 71.6 Å². The van der Waals surface area contributed by atoms with Gasteiger partial charge in [-0.15, -0.1) is 0 Å². The lowest BCUT2D eigenvalue weighted by Crippen LogP contribution is -2.11. The minimum Gasteiger partial charge on any atom is -0.488 e. The average Bonchev–Trinajstić information content (AvgIpc) is 2.73. The molecule has 0 aliphatic rings. The highest BCUT2D eigenvalue weighted by molar-refractivity contribution is 9.10. The number of pyridine rings is 1. The van der Waals surface area contributed by atoms with E-state index in [1.54, 1.807) is 36.8 Å². The first-order valence-corrected chi connectivity index (χ1v) is 9.53. The minimum atomic E-state index is -0.492. The molecule has 1 amide bonds. The Hall–Kier alpha value is -3.52. The molecule has 0 aliphatic heterocycles. The molecule has 0 spiro atoms. The number of fused-ring (bicyclic) bond motifs is 1. The predicted octanol–water partition coefficient (Wildman–Crippen LogP) is 4.21. The lowest BCUT2D eigenvalue weighted by molar-refractivity contribution is 0.100. The van der Waals surface area contributed by atoms with Crippen molar-refractivity contribution in [3.63, 3.8) is 0 Å². The predicted molar refractivity (Wildman–Crippen MR) is 114 cm³/mol. The molecule has 0 aliphatic carbocycles. The molecule has 7 nitrogen and oxygen atoms in total. The lowest BCUT2D eigenvalue weighted by atomic mass is 10.2. The van der Waals surface area contributed by atoms with E-state index in [4.69, 9.17) is 10.5 Å². The van der Waals surface area contributed by atoms with E-state index in [1.165, 1.54) is 0 Å². The summed E-state index contributed by atoms with van der Waals surface area (Å²) < 4.78 is 6.72. The van der Waals surface area contributed by atoms with Crippen LogP contribution in [0.1, 0.15) is 15.9 Å². The summed E-state index contributed by atoms with van der Waals surface area (Å²) in [5, 5.41) is 3.96. The van der Waals surface area contributed by atoms with E-state index in [0.29, 0.717) is 29.6 Å². The molecule has 2 aromatic heterocycles. The molecule has 0 unspecified atom stereocenters. The van der Waals surface area contributed by atoms with E-state index in [1.807, 2.05) is 30.3 Å². The zero-order chi connectivity index (χ0) is 20.2. The van der Waals surface area contributed by atoms with Crippen molar-refractivity contribution in [1.82, 2.24) is 15.0 Å². The molecule has 0 atom stereocenters. The van der Waals surface area contributed by atoms with Gasteiger partial charge in [0.05, 0.1) is 9.99 Å². The van der Waals surface area contributed by atoms with Crippen molar-refractivity contribution in [3.8, 4) is 5.75 Å². The van der Waals surface area contributed by atoms with Crippen LogP contribution in [-0.4, -0.2) is 20.9 Å². The number of carbonyl (C=O) groups is 1. The lowest BCUT2D eigenvalue weighted by Gasteiger charge is -2.11. The third-order valence-corrected chi connectivity index (χ3v) is 4.77. The molecule has 144 valence electrons. The zero-order valence-electron chi connectivity index (χ0n) is 15.2. The molecule has 2 heterocycles. The van der Waals surface area contributed by atoms with Gasteiger partial charge < -0.3 is 15.8 Å². The fourth-order valence-corrected chi connectivity index (χ4v) is 3.20. The summed E-state index contributed by atoms with van der Waals surface area (Å²) in [7, 11) is 0. The van der Waals surface area contributed by atoms with E-state index in [9.17, 15) is 4.79 Å². The van der Waals surface area contributed by atoms with Gasteiger partial charge in [0.2, 0.25) is 11.9 Å². The van der Waals surface area contributed by atoms with Gasteiger partial charge in [0.1, 0.15) is 12.4 Å². The van der Waals surface area contributed by atoms with Gasteiger partial charge in [0.25, 0.3) is 0 Å². The number of nitrogens with zero attached hydrogens (tertiary/aromatic N) is 3. The number of amides is 1. The smallest absolute Gasteiger partial charge is 0.248 e. The first kappa shape index (κ1) is 18.8. The Bertz CT molecular complexity index is 1180. The molecule has 2 aromatic carbocycles. The monoisotopic (exact) mass is 449 g/mol. The zero-order valence-corrected chi connectivity index (χ0v) is 16.8. The molecule has 0 bridgehead atoms. The number of rotatable bonds is 6. The first-order valence-electron chi connectivity index (χ1n) is 8.73. The number of nitrogens with one attached hydrogen (secondary N) is 1. The van der Waals surface area contributed by atoms with E-state index >= 15 is 0 Å². The Kier molecular flexibility index (Phi) is 5.35. The van der Waals surface area contributed by atoms with Crippen LogP contribution in [0.4, 0.5) is 11.6 Å². The van der Waals surface area contributed by atoms with E-state index in [0.717, 1.165) is 20.9 Å². The van der Waals surface area contributed by atoms with Gasteiger partial charge in [0, 0.05) is 46.9 Å². The quantitative estimate of drug-likeness (QED) is 0.456. The molecule has 29 heavy (non-hydrogen) atoms. The normalized spacial score (nSPS) is 10.7. The number of halogens is 1. The van der Waals surface area contributed by atoms with Crippen LogP contribution < -0.4 is 15.8 Å². The topological polar surface area (TPSA) is 103 Å². The number of anilines is 2. The first-order chi connectivity index (χ1) is 14.1. The van der Waals surface area contributed by atoms with Crippen molar-refractivity contribution in [2.75, 3.05) is 5.32 Å². The van der Waals surface area contributed by atoms with Gasteiger partial charge in [-0.05, 0) is 46.3 Å². The maximum atomic E-state index is 11.4. The van der Waals surface area contributed by atoms with Gasteiger partial charge >= 0.3 is 0 Å². The third-order valence-electron chi connectivity index (χ3n) is 4.15. The van der Waals surface area contributed by atoms with Crippen LogP contribution in [0.5, 0.6) is 5.75 Å². The van der Waals surface area contributed by atoms with Crippen molar-refractivity contribution < 1.29 is 9.53 Å². The summed E-state index contributed by atoms with van der Waals surface area (Å²) in [6.07, 6.45) is 5.21. The molecule has 0 saturated carbocycles. The minimum absolute atomic E-state index is 0.397. The highest BCUT2D eigenvalue weighted by atomic mass is 79.9. The summed E-state index contributed by atoms with van der Waals surface area (Å²) in [5.74, 6) is 0.578. The van der Waals surface area contributed by atoms with Crippen LogP contribution >= 0.6 is 15.9 Å². The molecule has 4 rings (SSSR count). The number of carbonyl (C=O) groups excluding carboxylic acids is 1. The van der Waals surface area contributed by atoms with Crippen LogP contribution in [0, 0.1) is 0 Å². The van der Waals surface area contributed by atoms with Gasteiger partial charge in [-0.3, -0.25) is 9.78 Å². The molecule has 0 saturated heterocycles. The molecule has 0 fully saturated rings. The van der Waals surface area contributed by atoms with Crippen LogP contribution in [0.3, 0.4) is 0 Å². The van der Waals surface area contributed by atoms with Crippen LogP contribution in [0.25, 0.3) is 10.9 Å². The number of hydrogen-bond acceptors (Lipinski definition) is 6. The number of benzene rings is 2. The standard InChI is InChI=1S/C21H16BrN5O2/c22-17-8-15-11-25-21(26-16-5-1-4-14(7-16)20(23)28)27-18(15)9-19(17)29-12-13-3-2-6-24-10-13/h1-11H,12H2,(H2,23,28)(H,25,26,27). The maximum absolute atomic E-state index is 11.4. The number of aromatic nitrogens is 3. The summed E-state index contributed by atoms with van der Waals surface area (Å²) in [6.45, 7) is 0.397. The number of nitrogens with two attached hydrogens (primary N) is 1. The summed E-state index contributed by atoms with van der Waals surface area (Å²) in [5.41, 5.74) is 8.10. The van der Waals surface area contributed by atoms with E-state index < -0.39 is 5.91 Å². The summed E-state index contributed by atoms with van der Waals surface area (Å²) in [6, 6.07) is 14.4. The number of ether oxygens (including phenoxy) is 1. The summed E-state index contributed by atoms with van der Waals surface area (Å²) >= 11 is 3.53. The molecule has 4 aromatic rings. The Morgan fingerprint density at radius 2 is 2.03 bits per heavy atom. The number of primary amides is 1. The SMILES string of the molecule is NC(=O)c1cccc(Nc2ncc3cc(Br)c(OCc4cccnc4)cc3n2)c1. The Balaban J connectivity index is 1.58. The van der Waals surface area contributed by atoms with Crippen molar-refractivity contribution in [1.29, 1.82) is 0 Å². The Morgan fingerprint density at radius 1 is 1.14 bits per heavy atom. The molecular weight excluding hydrogens is 434 g/mol. The Labute approximate surface area is 175 Å². The van der Waals surface area contributed by atoms with Gasteiger partial charge in [-0.1, -0.05) is 12.1 Å². The van der Waals surface area contributed by atoms with Gasteiger partial charge in [-0.25, -0.2) is 9.97 Å². The van der Waals surface area contributed by atoms with Crippen molar-refractivity contribution in [2.24, 2.45) is 5.73 Å². The largest absolute Gasteiger partial charge is 0.488 e. The molecular formula is C21H16BrN5O2. The Morgan fingerprint density at radius 3 is 2.83 bits per heavy atom. The molecule has 8 heteroatoms. The van der Waals surface area contributed by atoms with E-state index in [2.05, 4.69) is 36.2 Å². The highest BCUT2D eigenvalue weighted by Crippen LogP contribution is 2.30. The fourth-order valence-electron chi connectivity index (χ4n) is 2.73. The van der Waals surface area contributed by atoms with Crippen molar-refractivity contribution in [2.45, 2.75) is 6.61 Å². The van der Waals surface area contributed by atoms with Crippen molar-refractivity contribution >= 4 is 44.4 Å². The second-order valence-electron chi connectivity index (χ2n) is 6.26. The third kappa shape index (κ3) is 4.49. The van der Waals surface area contributed by atoms with E-state index in [-0.39, 0.29) is 0 Å². The molecule has 3 N–H and O–H groups in total. The summed E-state index contributed by atoms with van der Waals surface area (Å²) in [4.78, 5) is 24.3. The van der Waals surface area contributed by atoms with Gasteiger partial charge in [0.15, 0.2) is 0 Å².